The van der Waals surface area contributed by atoms with E-state index in [0.717, 1.165) is 17.5 Å². The Labute approximate surface area is 218 Å². The first kappa shape index (κ1) is 28.2. The number of likely N-dealkylation sites (tertiary alicyclic amines) is 1. The van der Waals surface area contributed by atoms with Crippen LogP contribution in [-0.2, 0) is 10.4 Å². The van der Waals surface area contributed by atoms with E-state index in [0.29, 0.717) is 4.06 Å². The molecule has 35 heavy (non-hydrogen) atoms. The summed E-state index contributed by atoms with van der Waals surface area (Å²) in [5.74, 6) is 0.114. The van der Waals surface area contributed by atoms with Gasteiger partial charge in [0.05, 0.1) is 0 Å². The molecule has 2 unspecified atom stereocenters. The second-order valence-corrected chi connectivity index (χ2v) is 25.0. The Morgan fingerprint density at radius 2 is 1.26 bits per heavy atom. The van der Waals surface area contributed by atoms with Crippen LogP contribution in [0.5, 0.6) is 0 Å². The summed E-state index contributed by atoms with van der Waals surface area (Å²) < 4.78 is 4.42. The fourth-order valence-electron chi connectivity index (χ4n) is 6.70. The zero-order valence-corrected chi connectivity index (χ0v) is 25.6. The van der Waals surface area contributed by atoms with Crippen LogP contribution in [0.4, 0.5) is 0 Å². The molecule has 0 aromatic heterocycles. The van der Waals surface area contributed by atoms with Crippen LogP contribution < -0.4 is 0 Å². The molecule has 1 aliphatic rings. The molecule has 0 spiro atoms. The zero-order valence-electron chi connectivity index (χ0n) is 22.7. The van der Waals surface area contributed by atoms with Gasteiger partial charge in [-0.2, -0.15) is 0 Å². The molecule has 0 bridgehead atoms. The van der Waals surface area contributed by atoms with Gasteiger partial charge in [0.25, 0.3) is 0 Å². The van der Waals surface area contributed by atoms with Gasteiger partial charge in [-0.25, -0.2) is 0 Å². The molecule has 3 rings (SSSR count). The molecule has 2 atom stereocenters. The second-order valence-electron chi connectivity index (χ2n) is 11.1. The van der Waals surface area contributed by atoms with Crippen molar-refractivity contribution in [3.05, 3.63) is 71.8 Å². The SMILES string of the molecule is CCC[CH2][Sn]([CH2]CCC)([CH2]CCC)[CH]1CC(C)(C(O)(c2ccccc2)c2ccccc2)C(=O)N1C. The molecule has 1 fully saturated rings. The van der Waals surface area contributed by atoms with Gasteiger partial charge in [0.15, 0.2) is 0 Å². The molecule has 0 radical (unpaired) electrons. The molecular formula is C31H47NO2Sn. The second kappa shape index (κ2) is 12.3. The number of benzene rings is 2. The van der Waals surface area contributed by atoms with Crippen LogP contribution in [0.25, 0.3) is 0 Å². The van der Waals surface area contributed by atoms with Crippen molar-refractivity contribution in [1.29, 1.82) is 0 Å². The predicted molar refractivity (Wildman–Crippen MR) is 150 cm³/mol. The number of aliphatic hydroxyl groups is 1. The van der Waals surface area contributed by atoms with Gasteiger partial charge in [-0.3, -0.25) is 0 Å². The summed E-state index contributed by atoms with van der Waals surface area (Å²) >= 11 is -2.78. The molecule has 1 saturated heterocycles. The van der Waals surface area contributed by atoms with E-state index in [2.05, 4.69) is 25.7 Å². The van der Waals surface area contributed by atoms with E-state index < -0.39 is 29.4 Å². The fourth-order valence-corrected chi connectivity index (χ4v) is 25.8. The van der Waals surface area contributed by atoms with Crippen molar-refractivity contribution in [1.82, 2.24) is 4.90 Å². The first-order valence-electron chi connectivity index (χ1n) is 13.9. The Balaban J connectivity index is 2.14. The third kappa shape index (κ3) is 5.37. The summed E-state index contributed by atoms with van der Waals surface area (Å²) in [6.07, 6.45) is 8.25. The van der Waals surface area contributed by atoms with Crippen LogP contribution in [0.1, 0.15) is 83.8 Å². The van der Waals surface area contributed by atoms with E-state index >= 15 is 0 Å². The molecule has 1 N–H and O–H groups in total. The Morgan fingerprint density at radius 3 is 1.63 bits per heavy atom. The topological polar surface area (TPSA) is 40.5 Å². The van der Waals surface area contributed by atoms with Crippen LogP contribution in [0.15, 0.2) is 60.7 Å². The zero-order chi connectivity index (χ0) is 25.5. The fraction of sp³-hybridized carbons (Fsp3) is 0.581. The Bertz CT molecular complexity index is 870. The minimum absolute atomic E-state index is 0.114. The third-order valence-electron chi connectivity index (χ3n) is 8.83. The molecule has 2 aromatic rings. The summed E-state index contributed by atoms with van der Waals surface area (Å²) in [5, 5.41) is 12.7. The van der Waals surface area contributed by atoms with E-state index in [1.807, 2.05) is 74.6 Å². The van der Waals surface area contributed by atoms with E-state index in [1.165, 1.54) is 51.8 Å². The van der Waals surface area contributed by atoms with E-state index in [1.54, 1.807) is 0 Å². The number of hydrogen-bond acceptors (Lipinski definition) is 2. The summed E-state index contributed by atoms with van der Waals surface area (Å²) in [4.78, 5) is 16.4. The average molecular weight is 584 g/mol. The first-order chi connectivity index (χ1) is 16.8. The van der Waals surface area contributed by atoms with E-state index in [-0.39, 0.29) is 5.91 Å². The Kier molecular flexibility index (Phi) is 9.90. The molecule has 3 nitrogen and oxygen atoms in total. The van der Waals surface area contributed by atoms with Crippen molar-refractivity contribution in [2.45, 2.75) is 95.6 Å². The molecule has 0 aliphatic carbocycles. The normalized spacial score (nSPS) is 21.0. The van der Waals surface area contributed by atoms with Gasteiger partial charge in [0, 0.05) is 0 Å². The number of hydrogen-bond donors (Lipinski definition) is 1. The van der Waals surface area contributed by atoms with Crippen LogP contribution in [-0.4, -0.2) is 45.4 Å². The van der Waals surface area contributed by atoms with Crippen LogP contribution in [0, 0.1) is 5.41 Å². The molecule has 4 heteroatoms. The Hall–Kier alpha value is -1.33. The van der Waals surface area contributed by atoms with Crippen molar-refractivity contribution >= 4 is 24.3 Å². The maximum absolute atomic E-state index is 14.3. The van der Waals surface area contributed by atoms with Gasteiger partial charge < -0.3 is 0 Å². The van der Waals surface area contributed by atoms with Gasteiger partial charge in [-0.15, -0.1) is 0 Å². The van der Waals surface area contributed by atoms with Crippen molar-refractivity contribution in [3.8, 4) is 0 Å². The molecule has 0 saturated carbocycles. The minimum atomic E-state index is -2.78. The molecule has 1 amide bonds. The monoisotopic (exact) mass is 585 g/mol. The van der Waals surface area contributed by atoms with Crippen molar-refractivity contribution in [3.63, 3.8) is 0 Å². The summed E-state index contributed by atoms with van der Waals surface area (Å²) in [6, 6.07) is 19.8. The van der Waals surface area contributed by atoms with E-state index in [4.69, 9.17) is 0 Å². The number of carbonyl (C=O) groups excluding carboxylic acids is 1. The van der Waals surface area contributed by atoms with Gasteiger partial charge in [0.1, 0.15) is 0 Å². The van der Waals surface area contributed by atoms with Gasteiger partial charge in [0.2, 0.25) is 0 Å². The van der Waals surface area contributed by atoms with Crippen molar-refractivity contribution < 1.29 is 9.90 Å². The first-order valence-corrected chi connectivity index (χ1v) is 21.6. The molecular weight excluding hydrogens is 537 g/mol. The molecule has 192 valence electrons. The average Bonchev–Trinajstić information content (AvgIpc) is 3.14. The van der Waals surface area contributed by atoms with Crippen LogP contribution >= 0.6 is 0 Å². The summed E-state index contributed by atoms with van der Waals surface area (Å²) in [7, 11) is 2.05. The maximum atomic E-state index is 14.3. The molecule has 1 heterocycles. The number of nitrogens with zero attached hydrogens (tertiary/aromatic N) is 1. The van der Waals surface area contributed by atoms with Gasteiger partial charge in [-0.05, 0) is 0 Å². The molecule has 2 aromatic carbocycles. The van der Waals surface area contributed by atoms with Crippen molar-refractivity contribution in [2.24, 2.45) is 5.41 Å². The van der Waals surface area contributed by atoms with Gasteiger partial charge >= 0.3 is 219 Å². The summed E-state index contributed by atoms with van der Waals surface area (Å²) in [5.41, 5.74) is -0.643. The van der Waals surface area contributed by atoms with E-state index in [9.17, 15) is 9.90 Å². The predicted octanol–water partition coefficient (Wildman–Crippen LogP) is 7.55. The molecule has 1 aliphatic heterocycles. The van der Waals surface area contributed by atoms with Gasteiger partial charge in [-0.1, -0.05) is 0 Å². The third-order valence-corrected chi connectivity index (χ3v) is 26.1. The van der Waals surface area contributed by atoms with Crippen molar-refractivity contribution in [2.75, 3.05) is 7.05 Å². The standard InChI is InChI=1S/C19H20NO2.3C4H9.Sn/c1-18(13-14-20(2)17(18)21)19(22,15-9-5-3-6-10-15)16-11-7-4-8-12-16;3*1-3-4-2;/h3-12,14,22H,13H2,1-2H3;3*1,3-4H2,2H3;. The number of amides is 1. The van der Waals surface area contributed by atoms with Crippen LogP contribution in [0.3, 0.4) is 0 Å². The number of rotatable bonds is 13. The number of carbonyl (C=O) groups is 1. The van der Waals surface area contributed by atoms with Crippen LogP contribution in [0.2, 0.25) is 13.3 Å². The summed E-state index contributed by atoms with van der Waals surface area (Å²) in [6.45, 7) is 8.94. The quantitative estimate of drug-likeness (QED) is 0.247. The number of unbranched alkanes of at least 4 members (excludes halogenated alkanes) is 3. The Morgan fingerprint density at radius 1 is 0.857 bits per heavy atom.